The van der Waals surface area contributed by atoms with Crippen molar-refractivity contribution < 1.29 is 36.8 Å². The van der Waals surface area contributed by atoms with Crippen LogP contribution in [0.4, 0.5) is 0 Å². The van der Waals surface area contributed by atoms with E-state index in [2.05, 4.69) is 6.58 Å². The van der Waals surface area contributed by atoms with Gasteiger partial charge in [-0.1, -0.05) is 6.58 Å². The number of carbonyl (C=O) groups excluding carboxylic acids is 1. The highest BCUT2D eigenvalue weighted by Crippen LogP contribution is 2.49. The van der Waals surface area contributed by atoms with Crippen molar-refractivity contribution in [3.05, 3.63) is 12.7 Å². The Hall–Kier alpha value is -0.530. The summed E-state index contributed by atoms with van der Waals surface area (Å²) < 4.78 is 51.8. The highest BCUT2D eigenvalue weighted by atomic mass is 31.2. The summed E-state index contributed by atoms with van der Waals surface area (Å²) in [6, 6.07) is 0. The largest absolute Gasteiger partial charge is 0.462 e. The maximum absolute atomic E-state index is 12.7. The lowest BCUT2D eigenvalue weighted by Crippen LogP contribution is -2.32. The molecule has 0 saturated carbocycles. The van der Waals surface area contributed by atoms with Gasteiger partial charge in [0.1, 0.15) is 0 Å². The molecule has 0 aliphatic carbocycles. The fourth-order valence-corrected chi connectivity index (χ4v) is 5.80. The highest BCUT2D eigenvalue weighted by Gasteiger charge is 2.27. The van der Waals surface area contributed by atoms with Gasteiger partial charge in [-0.3, -0.25) is 9.13 Å². The van der Waals surface area contributed by atoms with Gasteiger partial charge in [0.05, 0.1) is 45.4 Å². The second kappa shape index (κ2) is 16.2. The van der Waals surface area contributed by atoms with Crippen molar-refractivity contribution in [2.75, 3.05) is 65.0 Å². The van der Waals surface area contributed by atoms with Gasteiger partial charge >= 0.3 is 21.2 Å². The average molecular weight is 457 g/mol. The fraction of sp³-hybridized carbons (Fsp3) is 0.833. The second-order valence-corrected chi connectivity index (χ2v) is 10.3. The maximum atomic E-state index is 12.7. The highest BCUT2D eigenvalue weighted by molar-refractivity contribution is 7.54. The third-order valence-corrected chi connectivity index (χ3v) is 7.81. The zero-order chi connectivity index (χ0) is 22.2. The molecular formula is C18H37NO8P2. The van der Waals surface area contributed by atoms with E-state index < -0.39 is 21.2 Å². The zero-order valence-corrected chi connectivity index (χ0v) is 20.0. The van der Waals surface area contributed by atoms with Gasteiger partial charge in [-0.15, -0.1) is 0 Å². The van der Waals surface area contributed by atoms with Crippen molar-refractivity contribution in [1.82, 2.24) is 4.90 Å². The smallest absolute Gasteiger partial charge is 0.331 e. The molecule has 11 heteroatoms. The summed E-state index contributed by atoms with van der Waals surface area (Å²) in [6.07, 6.45) is 2.07. The van der Waals surface area contributed by atoms with E-state index in [1.54, 1.807) is 27.7 Å². The van der Waals surface area contributed by atoms with E-state index in [0.717, 1.165) is 6.08 Å². The Kier molecular flexibility index (Phi) is 15.9. The van der Waals surface area contributed by atoms with Gasteiger partial charge in [0.15, 0.2) is 0 Å². The third kappa shape index (κ3) is 13.4. The Bertz CT molecular complexity index is 504. The van der Waals surface area contributed by atoms with Crippen LogP contribution in [-0.2, 0) is 36.8 Å². The van der Waals surface area contributed by atoms with Crippen LogP contribution in [-0.4, -0.2) is 75.9 Å². The van der Waals surface area contributed by atoms with Crippen LogP contribution in [0, 0.1) is 0 Å². The summed E-state index contributed by atoms with van der Waals surface area (Å²) in [4.78, 5) is 13.1. The molecular weight excluding hydrogens is 420 g/mol. The predicted octanol–water partition coefficient (Wildman–Crippen LogP) is 3.94. The van der Waals surface area contributed by atoms with Crippen LogP contribution in [0.2, 0.25) is 0 Å². The number of nitrogens with zero attached hydrogens (tertiary/aromatic N) is 1. The Balaban J connectivity index is 4.93. The van der Waals surface area contributed by atoms with E-state index in [1.165, 1.54) is 0 Å². The molecule has 0 atom stereocenters. The van der Waals surface area contributed by atoms with Crippen LogP contribution in [0.1, 0.15) is 34.1 Å². The first kappa shape index (κ1) is 28.5. The standard InChI is InChI=1S/C18H37NO8P2/c1-6-18(20)23-15-11-12-19(13-16-28(21,24-7-2)25-8-3)14-17-29(22,26-9-4)27-10-5/h6H,1,7-17H2,2-5H3. The molecule has 0 aromatic carbocycles. The van der Waals surface area contributed by atoms with E-state index in [1.807, 2.05) is 4.90 Å². The minimum Gasteiger partial charge on any atom is -0.462 e. The minimum absolute atomic E-state index is 0.203. The lowest BCUT2D eigenvalue weighted by atomic mass is 10.4. The summed E-state index contributed by atoms with van der Waals surface area (Å²) >= 11 is 0. The van der Waals surface area contributed by atoms with E-state index in [9.17, 15) is 13.9 Å². The van der Waals surface area contributed by atoms with Gasteiger partial charge in [-0.25, -0.2) is 4.79 Å². The predicted molar refractivity (Wildman–Crippen MR) is 114 cm³/mol. The van der Waals surface area contributed by atoms with Gasteiger partial charge in [0, 0.05) is 25.7 Å². The molecule has 0 amide bonds. The molecule has 0 aromatic heterocycles. The molecule has 9 nitrogen and oxygen atoms in total. The monoisotopic (exact) mass is 457 g/mol. The molecule has 172 valence electrons. The van der Waals surface area contributed by atoms with E-state index in [0.29, 0.717) is 52.5 Å². The molecule has 0 rings (SSSR count). The summed E-state index contributed by atoms with van der Waals surface area (Å²) in [6.45, 7) is 13.1. The van der Waals surface area contributed by atoms with Crippen molar-refractivity contribution in [1.29, 1.82) is 0 Å². The van der Waals surface area contributed by atoms with Crippen LogP contribution < -0.4 is 0 Å². The summed E-state index contributed by atoms with van der Waals surface area (Å²) in [5.41, 5.74) is 0. The molecule has 0 radical (unpaired) electrons. The Morgan fingerprint density at radius 2 is 1.24 bits per heavy atom. The van der Waals surface area contributed by atoms with Gasteiger partial charge in [-0.05, 0) is 34.1 Å². The SMILES string of the molecule is C=CC(=O)OCCCN(CCP(=O)(OCC)OCC)CCP(=O)(OCC)OCC. The van der Waals surface area contributed by atoms with E-state index in [-0.39, 0.29) is 18.9 Å². The lowest BCUT2D eigenvalue weighted by molar-refractivity contribution is -0.137. The Morgan fingerprint density at radius 3 is 1.59 bits per heavy atom. The Labute approximate surface area is 175 Å². The number of esters is 1. The van der Waals surface area contributed by atoms with Crippen LogP contribution >= 0.6 is 15.2 Å². The van der Waals surface area contributed by atoms with Crippen molar-refractivity contribution in [3.8, 4) is 0 Å². The van der Waals surface area contributed by atoms with Crippen molar-refractivity contribution in [3.63, 3.8) is 0 Å². The van der Waals surface area contributed by atoms with Crippen LogP contribution in [0.3, 0.4) is 0 Å². The van der Waals surface area contributed by atoms with E-state index in [4.69, 9.17) is 22.8 Å². The summed E-state index contributed by atoms with van der Waals surface area (Å²) in [7, 11) is -6.39. The Morgan fingerprint density at radius 1 is 0.828 bits per heavy atom. The normalized spacial score (nSPS) is 12.3. The first-order valence-electron chi connectivity index (χ1n) is 10.1. The summed E-state index contributed by atoms with van der Waals surface area (Å²) in [5.74, 6) is -0.481. The van der Waals surface area contributed by atoms with Crippen molar-refractivity contribution >= 4 is 21.2 Å². The molecule has 0 aliphatic rings. The number of carbonyl (C=O) groups is 1. The summed E-state index contributed by atoms with van der Waals surface area (Å²) in [5, 5.41) is 0. The molecule has 29 heavy (non-hydrogen) atoms. The van der Waals surface area contributed by atoms with Crippen molar-refractivity contribution in [2.45, 2.75) is 34.1 Å². The molecule has 0 aliphatic heterocycles. The van der Waals surface area contributed by atoms with Gasteiger partial charge < -0.3 is 27.7 Å². The van der Waals surface area contributed by atoms with Crippen LogP contribution in [0.5, 0.6) is 0 Å². The van der Waals surface area contributed by atoms with Gasteiger partial charge in [0.25, 0.3) is 0 Å². The second-order valence-electron chi connectivity index (χ2n) is 5.91. The molecule has 0 heterocycles. The molecule has 0 spiro atoms. The van der Waals surface area contributed by atoms with Crippen molar-refractivity contribution in [2.24, 2.45) is 0 Å². The topological polar surface area (TPSA) is 101 Å². The third-order valence-electron chi connectivity index (χ3n) is 3.71. The number of ether oxygens (including phenoxy) is 1. The van der Waals surface area contributed by atoms with E-state index >= 15 is 0 Å². The van der Waals surface area contributed by atoms with Gasteiger partial charge in [-0.2, -0.15) is 0 Å². The first-order valence-corrected chi connectivity index (χ1v) is 13.5. The molecule has 0 N–H and O–H groups in total. The molecule has 0 bridgehead atoms. The average Bonchev–Trinajstić information content (AvgIpc) is 2.67. The first-order chi connectivity index (χ1) is 13.8. The van der Waals surface area contributed by atoms with Gasteiger partial charge in [0.2, 0.25) is 0 Å². The maximum Gasteiger partial charge on any atom is 0.331 e. The van der Waals surface area contributed by atoms with Crippen LogP contribution in [0.15, 0.2) is 12.7 Å². The quantitative estimate of drug-likeness (QED) is 0.124. The lowest BCUT2D eigenvalue weighted by Gasteiger charge is -2.26. The molecule has 0 unspecified atom stereocenters. The minimum atomic E-state index is -3.19. The van der Waals surface area contributed by atoms with Crippen LogP contribution in [0.25, 0.3) is 0 Å². The fourth-order valence-electron chi connectivity index (χ4n) is 2.50. The number of hydrogen-bond acceptors (Lipinski definition) is 9. The number of rotatable bonds is 19. The molecule has 0 saturated heterocycles. The molecule has 0 aromatic rings. The molecule has 0 fully saturated rings. The zero-order valence-electron chi connectivity index (χ0n) is 18.2. The number of hydrogen-bond donors (Lipinski definition) is 0.